The molecule has 1 amide bonds. The van der Waals surface area contributed by atoms with E-state index in [1.807, 2.05) is 61.0 Å². The van der Waals surface area contributed by atoms with Crippen LogP contribution in [0.2, 0.25) is 0 Å². The first-order valence-corrected chi connectivity index (χ1v) is 13.0. The van der Waals surface area contributed by atoms with Gasteiger partial charge in [-0.25, -0.2) is 14.6 Å². The van der Waals surface area contributed by atoms with Gasteiger partial charge in [-0.15, -0.1) is 0 Å². The second-order valence-corrected chi connectivity index (χ2v) is 9.90. The van der Waals surface area contributed by atoms with Crippen LogP contribution in [-0.4, -0.2) is 49.4 Å². The predicted octanol–water partition coefficient (Wildman–Crippen LogP) is 4.86. The van der Waals surface area contributed by atoms with Gasteiger partial charge in [0.2, 0.25) is 5.91 Å². The number of piperidine rings is 1. The van der Waals surface area contributed by atoms with Gasteiger partial charge >= 0.3 is 0 Å². The van der Waals surface area contributed by atoms with E-state index in [2.05, 4.69) is 16.5 Å². The summed E-state index contributed by atoms with van der Waals surface area (Å²) in [5.41, 5.74) is 12.6. The average Bonchev–Trinajstić information content (AvgIpc) is 3.34. The zero-order chi connectivity index (χ0) is 26.8. The third kappa shape index (κ3) is 4.81. The van der Waals surface area contributed by atoms with Gasteiger partial charge in [0.1, 0.15) is 17.8 Å². The highest BCUT2D eigenvalue weighted by molar-refractivity contribution is 5.99. The second kappa shape index (κ2) is 10.6. The van der Waals surface area contributed by atoms with Crippen LogP contribution in [0.3, 0.4) is 0 Å². The van der Waals surface area contributed by atoms with Crippen molar-refractivity contribution in [2.75, 3.05) is 18.8 Å². The van der Waals surface area contributed by atoms with E-state index in [1.165, 1.54) is 12.4 Å². The number of hydrogen-bond donors (Lipinski definition) is 1. The minimum absolute atomic E-state index is 0.0198. The molecule has 3 heterocycles. The van der Waals surface area contributed by atoms with E-state index in [9.17, 15) is 9.59 Å². The van der Waals surface area contributed by atoms with Gasteiger partial charge in [-0.2, -0.15) is 5.10 Å². The van der Waals surface area contributed by atoms with Gasteiger partial charge in [-0.3, -0.25) is 9.59 Å². The number of likely N-dealkylation sites (tertiary alicyclic amines) is 1. The van der Waals surface area contributed by atoms with Crippen molar-refractivity contribution in [3.05, 3.63) is 83.7 Å². The average molecular weight is 509 g/mol. The molecule has 0 bridgehead atoms. The van der Waals surface area contributed by atoms with Gasteiger partial charge in [0.25, 0.3) is 0 Å². The molecule has 5 rings (SSSR count). The number of Topliss-reactive ketones (excluding diaryl/α,β-unsaturated/α-hetero) is 1. The summed E-state index contributed by atoms with van der Waals surface area (Å²) in [5, 5.41) is 5.65. The van der Waals surface area contributed by atoms with E-state index in [1.54, 1.807) is 4.90 Å². The van der Waals surface area contributed by atoms with Gasteiger partial charge in [0.15, 0.2) is 11.4 Å². The Morgan fingerprint density at radius 2 is 1.92 bits per heavy atom. The molecule has 4 aromatic rings. The number of amides is 1. The Kier molecular flexibility index (Phi) is 7.05. The third-order valence-corrected chi connectivity index (χ3v) is 7.52. The fourth-order valence-corrected chi connectivity index (χ4v) is 5.21. The summed E-state index contributed by atoms with van der Waals surface area (Å²) < 4.78 is 1.89. The molecule has 2 aromatic carbocycles. The number of benzene rings is 2. The van der Waals surface area contributed by atoms with E-state index in [0.29, 0.717) is 48.5 Å². The number of aryl methyl sites for hydroxylation is 2. The zero-order valence-electron chi connectivity index (χ0n) is 21.9. The summed E-state index contributed by atoms with van der Waals surface area (Å²) in [7, 11) is 0. The van der Waals surface area contributed by atoms with Gasteiger partial charge < -0.3 is 10.6 Å². The Morgan fingerprint density at radius 1 is 1.13 bits per heavy atom. The monoisotopic (exact) mass is 508 g/mol. The summed E-state index contributed by atoms with van der Waals surface area (Å²) >= 11 is 0. The Hall–Kier alpha value is -4.33. The van der Waals surface area contributed by atoms with Gasteiger partial charge in [0.05, 0.1) is 11.4 Å². The van der Waals surface area contributed by atoms with E-state index in [-0.39, 0.29) is 17.7 Å². The number of nitrogens with two attached hydrogens (primary N) is 1. The van der Waals surface area contributed by atoms with E-state index >= 15 is 0 Å². The fraction of sp³-hybridized carbons (Fsp3) is 0.300. The van der Waals surface area contributed by atoms with Crippen molar-refractivity contribution < 1.29 is 9.59 Å². The second-order valence-electron chi connectivity index (χ2n) is 9.90. The minimum atomic E-state index is -0.0767. The Labute approximate surface area is 222 Å². The van der Waals surface area contributed by atoms with Crippen LogP contribution < -0.4 is 5.73 Å². The molecular formula is C30H32N6O2. The van der Waals surface area contributed by atoms with Crippen LogP contribution in [0.1, 0.15) is 52.4 Å². The minimum Gasteiger partial charge on any atom is -0.383 e. The molecule has 2 aromatic heterocycles. The number of rotatable bonds is 7. The molecule has 2 N–H and O–H groups in total. The Morgan fingerprint density at radius 3 is 2.68 bits per heavy atom. The number of carbonyl (C=O) groups excluding carboxylic acids is 2. The highest BCUT2D eigenvalue weighted by Crippen LogP contribution is 2.34. The number of fused-ring (bicyclic) bond motifs is 1. The van der Waals surface area contributed by atoms with Gasteiger partial charge in [-0.05, 0) is 55.9 Å². The number of ketones is 1. The van der Waals surface area contributed by atoms with Crippen molar-refractivity contribution in [2.45, 2.75) is 45.6 Å². The number of nitrogen functional groups attached to an aromatic ring is 1. The normalized spacial score (nSPS) is 15.5. The summed E-state index contributed by atoms with van der Waals surface area (Å²) in [6.07, 6.45) is 5.66. The number of nitrogens with zero attached hydrogens (tertiary/aromatic N) is 5. The van der Waals surface area contributed by atoms with Crippen molar-refractivity contribution in [3.63, 3.8) is 0 Å². The highest BCUT2D eigenvalue weighted by atomic mass is 16.2. The highest BCUT2D eigenvalue weighted by Gasteiger charge is 2.28. The van der Waals surface area contributed by atoms with Crippen molar-refractivity contribution in [2.24, 2.45) is 0 Å². The lowest BCUT2D eigenvalue weighted by molar-refractivity contribution is -0.127. The quantitative estimate of drug-likeness (QED) is 0.282. The van der Waals surface area contributed by atoms with Crippen LogP contribution in [0.15, 0.2) is 61.4 Å². The molecule has 0 aliphatic carbocycles. The van der Waals surface area contributed by atoms with Crippen LogP contribution in [0.4, 0.5) is 5.82 Å². The first-order valence-electron chi connectivity index (χ1n) is 13.0. The summed E-state index contributed by atoms with van der Waals surface area (Å²) in [6.45, 7) is 8.89. The predicted molar refractivity (Wildman–Crippen MR) is 149 cm³/mol. The maximum atomic E-state index is 12.8. The van der Waals surface area contributed by atoms with Crippen molar-refractivity contribution in [1.29, 1.82) is 0 Å². The summed E-state index contributed by atoms with van der Waals surface area (Å²) in [4.78, 5) is 35.6. The van der Waals surface area contributed by atoms with Crippen molar-refractivity contribution in [1.82, 2.24) is 24.6 Å². The van der Waals surface area contributed by atoms with Crippen LogP contribution in [0.25, 0.3) is 22.3 Å². The molecule has 1 atom stereocenters. The summed E-state index contributed by atoms with van der Waals surface area (Å²) in [6, 6.07) is 13.9. The van der Waals surface area contributed by atoms with Gasteiger partial charge in [-0.1, -0.05) is 49.0 Å². The maximum Gasteiger partial charge on any atom is 0.246 e. The molecule has 1 fully saturated rings. The molecule has 1 saturated heterocycles. The molecule has 0 radical (unpaired) electrons. The van der Waals surface area contributed by atoms with Crippen LogP contribution in [-0.2, 0) is 11.2 Å². The van der Waals surface area contributed by atoms with Crippen molar-refractivity contribution in [3.8, 4) is 11.3 Å². The van der Waals surface area contributed by atoms with Crippen LogP contribution >= 0.6 is 0 Å². The lowest BCUT2D eigenvalue weighted by atomic mass is 9.96. The number of hydrogen-bond acceptors (Lipinski definition) is 6. The van der Waals surface area contributed by atoms with Crippen LogP contribution in [0, 0.1) is 13.8 Å². The zero-order valence-corrected chi connectivity index (χ0v) is 21.9. The molecule has 8 heteroatoms. The maximum absolute atomic E-state index is 12.8. The molecule has 38 heavy (non-hydrogen) atoms. The molecule has 0 spiro atoms. The van der Waals surface area contributed by atoms with E-state index < -0.39 is 0 Å². The standard InChI is InChI=1S/C30H32N6O2/c1-4-26(38)35-16-6-8-23(17-35)36-30-27(29(31)32-18-33-30)28(34-36)22-13-10-21(11-14-22)12-15-25(37)24-9-5-7-19(2)20(24)3/h4-5,7,9-11,13-14,18,23H,1,6,8,12,15-17H2,2-3H3,(H2,31,32,33)/t23-/m1/s1. The fourth-order valence-electron chi connectivity index (χ4n) is 5.21. The lowest BCUT2D eigenvalue weighted by Gasteiger charge is -2.32. The number of anilines is 1. The molecule has 8 nitrogen and oxygen atoms in total. The van der Waals surface area contributed by atoms with E-state index in [0.717, 1.165) is 40.7 Å². The van der Waals surface area contributed by atoms with Crippen LogP contribution in [0.5, 0.6) is 0 Å². The molecule has 1 aliphatic rings. The third-order valence-electron chi connectivity index (χ3n) is 7.52. The van der Waals surface area contributed by atoms with Crippen molar-refractivity contribution >= 4 is 28.5 Å². The van der Waals surface area contributed by atoms with Gasteiger partial charge in [0, 0.05) is 30.6 Å². The largest absolute Gasteiger partial charge is 0.383 e. The Balaban J connectivity index is 1.39. The number of carbonyl (C=O) groups is 2. The molecule has 0 unspecified atom stereocenters. The topological polar surface area (TPSA) is 107 Å². The molecular weight excluding hydrogens is 476 g/mol. The number of aromatic nitrogens is 4. The first-order chi connectivity index (χ1) is 18.4. The molecule has 0 saturated carbocycles. The SMILES string of the molecule is C=CC(=O)N1CCC[C@@H](n2nc(-c3ccc(CCC(=O)c4cccc(C)c4C)cc3)c3c(N)ncnc32)C1. The smallest absolute Gasteiger partial charge is 0.246 e. The summed E-state index contributed by atoms with van der Waals surface area (Å²) in [5.74, 6) is 0.447. The molecule has 1 aliphatic heterocycles. The first kappa shape index (κ1) is 25.3. The Bertz CT molecular complexity index is 1520. The van der Waals surface area contributed by atoms with E-state index in [4.69, 9.17) is 10.8 Å². The molecule has 194 valence electrons. The lowest BCUT2D eigenvalue weighted by Crippen LogP contribution is -2.40.